The molecule has 1 atom stereocenters. The number of ether oxygens (including phenoxy) is 1. The number of morpholine rings is 1. The van der Waals surface area contributed by atoms with Crippen molar-refractivity contribution in [1.29, 1.82) is 0 Å². The van der Waals surface area contributed by atoms with Gasteiger partial charge in [-0.3, -0.25) is 4.79 Å². The summed E-state index contributed by atoms with van der Waals surface area (Å²) in [5, 5.41) is 9.18. The Hall–Kier alpha value is -1.10. The molecule has 2 fully saturated rings. The zero-order valence-corrected chi connectivity index (χ0v) is 10.9. The van der Waals surface area contributed by atoms with E-state index in [0.29, 0.717) is 13.2 Å². The topological polar surface area (TPSA) is 66.8 Å². The minimum absolute atomic E-state index is 0.0261. The molecule has 1 heterocycles. The second-order valence-electron chi connectivity index (χ2n) is 5.27. The number of carbonyl (C=O) groups is 2. The average Bonchev–Trinajstić information content (AvgIpc) is 2.87. The zero-order valence-electron chi connectivity index (χ0n) is 10.9. The lowest BCUT2D eigenvalue weighted by Crippen LogP contribution is -2.56. The minimum Gasteiger partial charge on any atom is -0.480 e. The lowest BCUT2D eigenvalue weighted by atomic mass is 9.81. The van der Waals surface area contributed by atoms with E-state index in [9.17, 15) is 14.7 Å². The molecule has 0 aromatic heterocycles. The van der Waals surface area contributed by atoms with Crippen LogP contribution in [0.2, 0.25) is 0 Å². The van der Waals surface area contributed by atoms with Crippen LogP contribution in [-0.2, 0) is 14.3 Å². The predicted octanol–water partition coefficient (Wildman–Crippen LogP) is 1.27. The molecule has 18 heavy (non-hydrogen) atoms. The molecule has 1 unspecified atom stereocenters. The fourth-order valence-corrected chi connectivity index (χ4v) is 3.13. The number of hydrogen-bond acceptors (Lipinski definition) is 3. The zero-order chi connectivity index (χ0) is 13.2. The van der Waals surface area contributed by atoms with E-state index >= 15 is 0 Å². The normalized spacial score (nSPS) is 27.2. The van der Waals surface area contributed by atoms with Crippen LogP contribution in [0.5, 0.6) is 0 Å². The first-order valence-electron chi connectivity index (χ1n) is 6.72. The fraction of sp³-hybridized carbons (Fsp3) is 0.846. The number of hydrogen-bond donors (Lipinski definition) is 1. The van der Waals surface area contributed by atoms with E-state index in [-0.39, 0.29) is 17.9 Å². The SMILES string of the molecule is CCC1(C(=O)N2CCOCC2C(=O)O)CCCC1. The van der Waals surface area contributed by atoms with Crippen molar-refractivity contribution >= 4 is 11.9 Å². The molecule has 102 valence electrons. The number of carboxylic acid groups (broad SMARTS) is 1. The summed E-state index contributed by atoms with van der Waals surface area (Å²) < 4.78 is 5.18. The third-order valence-corrected chi connectivity index (χ3v) is 4.37. The molecule has 5 heteroatoms. The molecule has 1 saturated heterocycles. The van der Waals surface area contributed by atoms with Gasteiger partial charge in [-0.25, -0.2) is 4.79 Å². The molecule has 0 aromatic carbocycles. The van der Waals surface area contributed by atoms with Crippen LogP contribution in [0.25, 0.3) is 0 Å². The first-order chi connectivity index (χ1) is 8.60. The Labute approximate surface area is 107 Å². The average molecular weight is 255 g/mol. The Morgan fingerprint density at radius 2 is 2.06 bits per heavy atom. The summed E-state index contributed by atoms with van der Waals surface area (Å²) in [5.41, 5.74) is -0.314. The Bertz CT molecular complexity index is 336. The molecule has 2 aliphatic rings. The van der Waals surface area contributed by atoms with Crippen LogP contribution >= 0.6 is 0 Å². The molecule has 1 saturated carbocycles. The summed E-state index contributed by atoms with van der Waals surface area (Å²) in [5.74, 6) is -0.939. The molecule has 1 aliphatic heterocycles. The van der Waals surface area contributed by atoms with E-state index in [1.165, 1.54) is 4.90 Å². The van der Waals surface area contributed by atoms with Crippen LogP contribution in [0.3, 0.4) is 0 Å². The summed E-state index contributed by atoms with van der Waals surface area (Å²) in [6.07, 6.45) is 4.73. The lowest BCUT2D eigenvalue weighted by Gasteiger charge is -2.39. The van der Waals surface area contributed by atoms with E-state index in [4.69, 9.17) is 4.74 Å². The highest BCUT2D eigenvalue weighted by atomic mass is 16.5. The Balaban J connectivity index is 2.17. The Kier molecular flexibility index (Phi) is 3.90. The van der Waals surface area contributed by atoms with Crippen molar-refractivity contribution < 1.29 is 19.4 Å². The van der Waals surface area contributed by atoms with Crippen LogP contribution in [-0.4, -0.2) is 47.7 Å². The number of carbonyl (C=O) groups excluding carboxylic acids is 1. The van der Waals surface area contributed by atoms with Crippen LogP contribution < -0.4 is 0 Å². The molecule has 2 rings (SSSR count). The Morgan fingerprint density at radius 3 is 2.61 bits per heavy atom. The predicted molar refractivity (Wildman–Crippen MR) is 65.1 cm³/mol. The number of aliphatic carboxylic acids is 1. The number of amides is 1. The van der Waals surface area contributed by atoms with Crippen molar-refractivity contribution in [2.24, 2.45) is 5.41 Å². The van der Waals surface area contributed by atoms with Gasteiger partial charge in [0.2, 0.25) is 5.91 Å². The summed E-state index contributed by atoms with van der Waals surface area (Å²) in [6, 6.07) is -0.810. The molecular formula is C13H21NO4. The van der Waals surface area contributed by atoms with Crippen LogP contribution in [0.1, 0.15) is 39.0 Å². The maximum absolute atomic E-state index is 12.7. The maximum atomic E-state index is 12.7. The van der Waals surface area contributed by atoms with Crippen LogP contribution in [0, 0.1) is 5.41 Å². The van der Waals surface area contributed by atoms with Gasteiger partial charge in [0.1, 0.15) is 0 Å². The van der Waals surface area contributed by atoms with Crippen molar-refractivity contribution in [2.75, 3.05) is 19.8 Å². The molecule has 0 bridgehead atoms. The smallest absolute Gasteiger partial charge is 0.328 e. The standard InChI is InChI=1S/C13H21NO4/c1-2-13(5-3-4-6-13)12(17)14-7-8-18-9-10(14)11(15)16/h10H,2-9H2,1H3,(H,15,16). The monoisotopic (exact) mass is 255 g/mol. The van der Waals surface area contributed by atoms with Gasteiger partial charge >= 0.3 is 5.97 Å². The molecule has 1 N–H and O–H groups in total. The van der Waals surface area contributed by atoms with Gasteiger partial charge < -0.3 is 14.7 Å². The van der Waals surface area contributed by atoms with Crippen LogP contribution in [0.4, 0.5) is 0 Å². The van der Waals surface area contributed by atoms with Gasteiger partial charge in [0.15, 0.2) is 6.04 Å². The fourth-order valence-electron chi connectivity index (χ4n) is 3.13. The molecule has 5 nitrogen and oxygen atoms in total. The van der Waals surface area contributed by atoms with Gasteiger partial charge in [0.05, 0.1) is 13.2 Å². The molecule has 1 amide bonds. The van der Waals surface area contributed by atoms with Crippen LogP contribution in [0.15, 0.2) is 0 Å². The molecule has 0 spiro atoms. The molecular weight excluding hydrogens is 234 g/mol. The summed E-state index contributed by atoms with van der Waals surface area (Å²) in [7, 11) is 0. The van der Waals surface area contributed by atoms with E-state index in [2.05, 4.69) is 0 Å². The third-order valence-electron chi connectivity index (χ3n) is 4.37. The van der Waals surface area contributed by atoms with E-state index in [1.807, 2.05) is 6.92 Å². The van der Waals surface area contributed by atoms with Gasteiger partial charge in [0, 0.05) is 12.0 Å². The van der Waals surface area contributed by atoms with Gasteiger partial charge in [-0.1, -0.05) is 19.8 Å². The van der Waals surface area contributed by atoms with Gasteiger partial charge in [0.25, 0.3) is 0 Å². The van der Waals surface area contributed by atoms with Gasteiger partial charge in [-0.15, -0.1) is 0 Å². The van der Waals surface area contributed by atoms with Crippen molar-refractivity contribution in [3.8, 4) is 0 Å². The first kappa shape index (κ1) is 13.3. The largest absolute Gasteiger partial charge is 0.480 e. The lowest BCUT2D eigenvalue weighted by molar-refractivity contribution is -0.163. The number of carboxylic acids is 1. The van der Waals surface area contributed by atoms with Crippen molar-refractivity contribution in [2.45, 2.75) is 45.1 Å². The third kappa shape index (κ3) is 2.23. The number of nitrogens with zero attached hydrogens (tertiary/aromatic N) is 1. The highest BCUT2D eigenvalue weighted by Crippen LogP contribution is 2.43. The summed E-state index contributed by atoms with van der Waals surface area (Å²) in [4.78, 5) is 25.4. The maximum Gasteiger partial charge on any atom is 0.328 e. The molecule has 0 radical (unpaired) electrons. The second kappa shape index (κ2) is 5.26. The van der Waals surface area contributed by atoms with E-state index in [0.717, 1.165) is 32.1 Å². The summed E-state index contributed by atoms with van der Waals surface area (Å²) >= 11 is 0. The van der Waals surface area contributed by atoms with E-state index < -0.39 is 12.0 Å². The number of rotatable bonds is 3. The van der Waals surface area contributed by atoms with Gasteiger partial charge in [-0.2, -0.15) is 0 Å². The molecule has 1 aliphatic carbocycles. The highest BCUT2D eigenvalue weighted by Gasteiger charge is 2.45. The van der Waals surface area contributed by atoms with Crippen molar-refractivity contribution in [1.82, 2.24) is 4.90 Å². The molecule has 0 aromatic rings. The Morgan fingerprint density at radius 1 is 1.39 bits per heavy atom. The van der Waals surface area contributed by atoms with Crippen molar-refractivity contribution in [3.05, 3.63) is 0 Å². The van der Waals surface area contributed by atoms with E-state index in [1.54, 1.807) is 0 Å². The first-order valence-corrected chi connectivity index (χ1v) is 6.72. The summed E-state index contributed by atoms with van der Waals surface area (Å²) in [6.45, 7) is 2.98. The second-order valence-corrected chi connectivity index (χ2v) is 5.27. The van der Waals surface area contributed by atoms with Crippen molar-refractivity contribution in [3.63, 3.8) is 0 Å². The quantitative estimate of drug-likeness (QED) is 0.824. The highest BCUT2D eigenvalue weighted by molar-refractivity contribution is 5.88. The van der Waals surface area contributed by atoms with Gasteiger partial charge in [-0.05, 0) is 19.3 Å². The minimum atomic E-state index is -0.965.